The molecule has 3 aromatic rings. The predicted octanol–water partition coefficient (Wildman–Crippen LogP) is 6.08. The van der Waals surface area contributed by atoms with Gasteiger partial charge in [-0.05, 0) is 62.1 Å². The van der Waals surface area contributed by atoms with Crippen LogP contribution in [0.5, 0.6) is 0 Å². The fourth-order valence-corrected chi connectivity index (χ4v) is 4.85. The van der Waals surface area contributed by atoms with E-state index >= 15 is 0 Å². The largest absolute Gasteiger partial charge is 0.342 e. The number of hydrogen-bond acceptors (Lipinski definition) is 5. The van der Waals surface area contributed by atoms with E-state index in [1.165, 1.54) is 17.8 Å². The quantitative estimate of drug-likeness (QED) is 0.325. The van der Waals surface area contributed by atoms with Gasteiger partial charge in [-0.1, -0.05) is 60.9 Å². The molecule has 0 unspecified atom stereocenters. The Morgan fingerprint density at radius 1 is 1.09 bits per heavy atom. The SMILES string of the molecule is CCn1c(SCC(=O)Nc2cc(C)ccc2C)nnc1[C@H](NC(=O)c1ccc(Cl)cc1Cl)C(C)C. The van der Waals surface area contributed by atoms with Crippen LogP contribution in [0.25, 0.3) is 0 Å². The van der Waals surface area contributed by atoms with Crippen LogP contribution in [0, 0.1) is 19.8 Å². The standard InChI is InChI=1S/C25H29Cl2N5O2S/c1-6-32-23(22(14(2)3)29-24(34)18-10-9-17(26)12-19(18)27)30-31-25(32)35-13-21(33)28-20-11-15(4)7-8-16(20)5/h7-12,14,22H,6,13H2,1-5H3,(H,28,33)(H,29,34)/t22-/m1/s1. The summed E-state index contributed by atoms with van der Waals surface area (Å²) in [6.45, 7) is 10.5. The topological polar surface area (TPSA) is 88.9 Å². The Morgan fingerprint density at radius 2 is 1.83 bits per heavy atom. The van der Waals surface area contributed by atoms with E-state index in [4.69, 9.17) is 23.2 Å². The van der Waals surface area contributed by atoms with E-state index in [1.807, 2.05) is 57.4 Å². The fourth-order valence-electron chi connectivity index (χ4n) is 3.54. The van der Waals surface area contributed by atoms with Gasteiger partial charge in [-0.2, -0.15) is 0 Å². The maximum absolute atomic E-state index is 13.0. The van der Waals surface area contributed by atoms with Gasteiger partial charge in [0.05, 0.1) is 22.4 Å². The lowest BCUT2D eigenvalue weighted by Crippen LogP contribution is -2.34. The van der Waals surface area contributed by atoms with Crippen molar-refractivity contribution in [2.45, 2.75) is 52.4 Å². The summed E-state index contributed by atoms with van der Waals surface area (Å²) in [5, 5.41) is 16.0. The van der Waals surface area contributed by atoms with E-state index in [0.29, 0.717) is 28.1 Å². The van der Waals surface area contributed by atoms with Crippen molar-refractivity contribution < 1.29 is 9.59 Å². The van der Waals surface area contributed by atoms with Crippen LogP contribution in [0.1, 0.15) is 54.1 Å². The van der Waals surface area contributed by atoms with Crippen molar-refractivity contribution in [3.05, 3.63) is 69.0 Å². The molecule has 0 aliphatic rings. The monoisotopic (exact) mass is 533 g/mol. The molecule has 0 fully saturated rings. The fraction of sp³-hybridized carbons (Fsp3) is 0.360. The number of carbonyl (C=O) groups excluding carboxylic acids is 2. The summed E-state index contributed by atoms with van der Waals surface area (Å²) in [7, 11) is 0. The summed E-state index contributed by atoms with van der Waals surface area (Å²) in [5.41, 5.74) is 3.22. The third-order valence-corrected chi connectivity index (χ3v) is 6.98. The third kappa shape index (κ3) is 6.78. The summed E-state index contributed by atoms with van der Waals surface area (Å²) < 4.78 is 1.92. The number of hydrogen-bond donors (Lipinski definition) is 2. The van der Waals surface area contributed by atoms with E-state index in [-0.39, 0.29) is 28.5 Å². The van der Waals surface area contributed by atoms with Crippen LogP contribution in [0.3, 0.4) is 0 Å². The Balaban J connectivity index is 1.74. The van der Waals surface area contributed by atoms with Gasteiger partial charge in [-0.25, -0.2) is 0 Å². The molecule has 2 aromatic carbocycles. The molecule has 2 amide bonds. The minimum absolute atomic E-state index is 0.0324. The van der Waals surface area contributed by atoms with E-state index in [1.54, 1.807) is 12.1 Å². The first kappa shape index (κ1) is 27.0. The lowest BCUT2D eigenvalue weighted by atomic mass is 10.0. The van der Waals surface area contributed by atoms with Crippen LogP contribution in [0.4, 0.5) is 5.69 Å². The van der Waals surface area contributed by atoms with E-state index in [2.05, 4.69) is 20.8 Å². The van der Waals surface area contributed by atoms with Gasteiger partial charge in [-0.15, -0.1) is 10.2 Å². The van der Waals surface area contributed by atoms with Crippen LogP contribution in [0.2, 0.25) is 10.0 Å². The third-order valence-electron chi connectivity index (χ3n) is 5.47. The molecule has 35 heavy (non-hydrogen) atoms. The lowest BCUT2D eigenvalue weighted by molar-refractivity contribution is -0.113. The van der Waals surface area contributed by atoms with Gasteiger partial charge in [0.2, 0.25) is 5.91 Å². The number of nitrogens with zero attached hydrogens (tertiary/aromatic N) is 3. The Morgan fingerprint density at radius 3 is 2.49 bits per heavy atom. The molecule has 1 aromatic heterocycles. The second-order valence-electron chi connectivity index (χ2n) is 8.56. The summed E-state index contributed by atoms with van der Waals surface area (Å²) in [5.74, 6) is 0.397. The van der Waals surface area contributed by atoms with E-state index in [9.17, 15) is 9.59 Å². The highest BCUT2D eigenvalue weighted by atomic mass is 35.5. The number of carbonyl (C=O) groups is 2. The van der Waals surface area contributed by atoms with E-state index in [0.717, 1.165) is 16.8 Å². The molecule has 7 nitrogen and oxygen atoms in total. The first-order valence-electron chi connectivity index (χ1n) is 11.3. The van der Waals surface area contributed by atoms with Gasteiger partial charge < -0.3 is 15.2 Å². The van der Waals surface area contributed by atoms with Crippen molar-refractivity contribution >= 4 is 52.5 Å². The van der Waals surface area contributed by atoms with Gasteiger partial charge in [0.1, 0.15) is 0 Å². The summed E-state index contributed by atoms with van der Waals surface area (Å²) in [6, 6.07) is 10.3. The molecule has 0 radical (unpaired) electrons. The van der Waals surface area contributed by atoms with Gasteiger partial charge in [0, 0.05) is 17.3 Å². The molecule has 1 atom stereocenters. The zero-order chi connectivity index (χ0) is 25.7. The van der Waals surface area contributed by atoms with Gasteiger partial charge in [0.15, 0.2) is 11.0 Å². The highest BCUT2D eigenvalue weighted by molar-refractivity contribution is 7.99. The zero-order valence-electron chi connectivity index (χ0n) is 20.4. The molecule has 3 rings (SSSR count). The van der Waals surface area contributed by atoms with Crippen molar-refractivity contribution in [2.75, 3.05) is 11.1 Å². The van der Waals surface area contributed by atoms with Crippen LogP contribution < -0.4 is 10.6 Å². The average molecular weight is 535 g/mol. The molecule has 0 bridgehead atoms. The van der Waals surface area contributed by atoms with E-state index < -0.39 is 6.04 Å². The molecule has 1 heterocycles. The maximum atomic E-state index is 13.0. The molecule has 10 heteroatoms. The molecule has 0 saturated heterocycles. The lowest BCUT2D eigenvalue weighted by Gasteiger charge is -2.22. The molecule has 0 saturated carbocycles. The number of halogens is 2. The molecular formula is C25H29Cl2N5O2S. The number of amides is 2. The van der Waals surface area contributed by atoms with Crippen molar-refractivity contribution in [2.24, 2.45) is 5.92 Å². The van der Waals surface area contributed by atoms with Crippen LogP contribution in [-0.4, -0.2) is 32.3 Å². The summed E-state index contributed by atoms with van der Waals surface area (Å²) >= 11 is 13.5. The van der Waals surface area contributed by atoms with Gasteiger partial charge in [0.25, 0.3) is 5.91 Å². The number of nitrogens with one attached hydrogen (secondary N) is 2. The normalized spacial score (nSPS) is 12.0. The predicted molar refractivity (Wildman–Crippen MR) is 142 cm³/mol. The molecule has 0 aliphatic heterocycles. The van der Waals surface area contributed by atoms with Crippen LogP contribution in [0.15, 0.2) is 41.6 Å². The highest BCUT2D eigenvalue weighted by Gasteiger charge is 2.27. The minimum Gasteiger partial charge on any atom is -0.342 e. The molecule has 0 spiro atoms. The Kier molecular flexibility index (Phi) is 9.21. The van der Waals surface area contributed by atoms with Gasteiger partial charge in [-0.3, -0.25) is 9.59 Å². The molecular weight excluding hydrogens is 505 g/mol. The number of benzene rings is 2. The Hall–Kier alpha value is -2.55. The summed E-state index contributed by atoms with van der Waals surface area (Å²) in [6.07, 6.45) is 0. The number of thioether (sulfide) groups is 1. The molecule has 186 valence electrons. The van der Waals surface area contributed by atoms with Crippen molar-refractivity contribution in [1.29, 1.82) is 0 Å². The smallest absolute Gasteiger partial charge is 0.253 e. The maximum Gasteiger partial charge on any atom is 0.253 e. The number of anilines is 1. The van der Waals surface area contributed by atoms with Crippen LogP contribution in [-0.2, 0) is 11.3 Å². The second kappa shape index (κ2) is 11.9. The Bertz CT molecular complexity index is 1230. The van der Waals surface area contributed by atoms with Crippen molar-refractivity contribution in [3.8, 4) is 0 Å². The second-order valence-corrected chi connectivity index (χ2v) is 10.3. The zero-order valence-corrected chi connectivity index (χ0v) is 22.7. The average Bonchev–Trinajstić information content (AvgIpc) is 3.20. The van der Waals surface area contributed by atoms with Gasteiger partial charge >= 0.3 is 0 Å². The summed E-state index contributed by atoms with van der Waals surface area (Å²) in [4.78, 5) is 25.5. The molecule has 2 N–H and O–H groups in total. The number of aromatic nitrogens is 3. The first-order chi connectivity index (χ1) is 16.6. The van der Waals surface area contributed by atoms with Crippen molar-refractivity contribution in [3.63, 3.8) is 0 Å². The van der Waals surface area contributed by atoms with Crippen molar-refractivity contribution in [1.82, 2.24) is 20.1 Å². The Labute approximate surface area is 220 Å². The minimum atomic E-state index is -0.403. The number of aryl methyl sites for hydroxylation is 2. The highest BCUT2D eigenvalue weighted by Crippen LogP contribution is 2.27. The molecule has 0 aliphatic carbocycles. The number of rotatable bonds is 9. The first-order valence-corrected chi connectivity index (χ1v) is 13.0. The van der Waals surface area contributed by atoms with Crippen LogP contribution >= 0.6 is 35.0 Å².